The monoisotopic (exact) mass is 380 g/mol. The van der Waals surface area contributed by atoms with Crippen LogP contribution in [0.15, 0.2) is 36.5 Å². The Morgan fingerprint density at radius 3 is 2.39 bits per heavy atom. The van der Waals surface area contributed by atoms with Gasteiger partial charge in [-0.15, -0.1) is 0 Å². The van der Waals surface area contributed by atoms with Crippen LogP contribution in [0.5, 0.6) is 0 Å². The lowest BCUT2D eigenvalue weighted by Crippen LogP contribution is -2.50. The molecule has 0 bridgehead atoms. The van der Waals surface area contributed by atoms with Gasteiger partial charge in [0.05, 0.1) is 0 Å². The van der Waals surface area contributed by atoms with Crippen LogP contribution in [0.3, 0.4) is 0 Å². The zero-order valence-electron chi connectivity index (χ0n) is 17.0. The number of rotatable bonds is 4. The summed E-state index contributed by atoms with van der Waals surface area (Å²) in [5, 5.41) is 3.48. The maximum absolute atomic E-state index is 12.9. The molecule has 148 valence electrons. The second-order valence-corrected chi connectivity index (χ2v) is 7.55. The number of amides is 2. The minimum Gasteiger partial charge on any atom is -0.355 e. The minimum atomic E-state index is -0.0966. The highest BCUT2D eigenvalue weighted by Crippen LogP contribution is 2.30. The largest absolute Gasteiger partial charge is 0.355 e. The third kappa shape index (κ3) is 4.32. The van der Waals surface area contributed by atoms with Crippen molar-refractivity contribution in [2.75, 3.05) is 31.5 Å². The van der Waals surface area contributed by atoms with Crippen LogP contribution in [0.2, 0.25) is 0 Å². The predicted molar refractivity (Wildman–Crippen MR) is 111 cm³/mol. The van der Waals surface area contributed by atoms with E-state index in [2.05, 4.69) is 49.3 Å². The summed E-state index contributed by atoms with van der Waals surface area (Å²) < 4.78 is 0. The standard InChI is InChI=1S/C22H28N4O2/c1-15(2)19-7-5-6-16(3)21(19)24-18-8-9-23-20(14-18)22(28)26-12-10-25(11-13-26)17(4)27/h5-9,14-15H,10-13H2,1-4H3,(H,23,24). The molecule has 3 rings (SSSR count). The van der Waals surface area contributed by atoms with Crippen LogP contribution in [0.4, 0.5) is 11.4 Å². The van der Waals surface area contributed by atoms with Gasteiger partial charge >= 0.3 is 0 Å². The van der Waals surface area contributed by atoms with E-state index in [1.54, 1.807) is 29.0 Å². The molecule has 0 radical (unpaired) electrons. The van der Waals surface area contributed by atoms with E-state index in [4.69, 9.17) is 0 Å². The van der Waals surface area contributed by atoms with Crippen LogP contribution in [0, 0.1) is 6.92 Å². The number of hydrogen-bond donors (Lipinski definition) is 1. The van der Waals surface area contributed by atoms with E-state index in [9.17, 15) is 9.59 Å². The van der Waals surface area contributed by atoms with Crippen LogP contribution in [-0.4, -0.2) is 52.8 Å². The first-order valence-electron chi connectivity index (χ1n) is 9.74. The first-order valence-corrected chi connectivity index (χ1v) is 9.74. The average molecular weight is 380 g/mol. The normalized spacial score (nSPS) is 14.3. The Morgan fingerprint density at radius 2 is 1.75 bits per heavy atom. The highest BCUT2D eigenvalue weighted by Gasteiger charge is 2.24. The summed E-state index contributed by atoms with van der Waals surface area (Å²) in [6.07, 6.45) is 1.66. The summed E-state index contributed by atoms with van der Waals surface area (Å²) in [5.41, 5.74) is 4.75. The third-order valence-corrected chi connectivity index (χ3v) is 5.19. The summed E-state index contributed by atoms with van der Waals surface area (Å²) in [6, 6.07) is 9.95. The molecule has 2 heterocycles. The lowest BCUT2D eigenvalue weighted by atomic mass is 9.98. The number of carbonyl (C=O) groups is 2. The molecule has 1 N–H and O–H groups in total. The first kappa shape index (κ1) is 19.9. The van der Waals surface area contributed by atoms with Gasteiger partial charge in [0.1, 0.15) is 5.69 Å². The van der Waals surface area contributed by atoms with E-state index in [1.165, 1.54) is 5.56 Å². The molecule has 1 aromatic heterocycles. The Morgan fingerprint density at radius 1 is 1.07 bits per heavy atom. The number of nitrogens with zero attached hydrogens (tertiary/aromatic N) is 3. The molecular weight excluding hydrogens is 352 g/mol. The van der Waals surface area contributed by atoms with Crippen LogP contribution in [0.1, 0.15) is 48.3 Å². The number of nitrogens with one attached hydrogen (secondary N) is 1. The molecule has 1 saturated heterocycles. The number of pyridine rings is 1. The van der Waals surface area contributed by atoms with Crippen LogP contribution < -0.4 is 5.32 Å². The first-order chi connectivity index (χ1) is 13.4. The average Bonchev–Trinajstić information content (AvgIpc) is 2.69. The number of para-hydroxylation sites is 1. The molecule has 6 heteroatoms. The van der Waals surface area contributed by atoms with Gasteiger partial charge in [0.2, 0.25) is 5.91 Å². The molecule has 28 heavy (non-hydrogen) atoms. The number of carbonyl (C=O) groups excluding carboxylic acids is 2. The van der Waals surface area contributed by atoms with Gasteiger partial charge in [-0.3, -0.25) is 14.6 Å². The van der Waals surface area contributed by atoms with Gasteiger partial charge in [-0.2, -0.15) is 0 Å². The van der Waals surface area contributed by atoms with Gasteiger partial charge in [0, 0.05) is 50.7 Å². The number of benzene rings is 1. The highest BCUT2D eigenvalue weighted by atomic mass is 16.2. The second kappa shape index (κ2) is 8.42. The van der Waals surface area contributed by atoms with Crippen LogP contribution in [0.25, 0.3) is 0 Å². The van der Waals surface area contributed by atoms with E-state index in [1.807, 2.05) is 6.07 Å². The highest BCUT2D eigenvalue weighted by molar-refractivity contribution is 5.93. The lowest BCUT2D eigenvalue weighted by molar-refractivity contribution is -0.130. The summed E-state index contributed by atoms with van der Waals surface area (Å²) in [5.74, 6) is 0.347. The summed E-state index contributed by atoms with van der Waals surface area (Å²) >= 11 is 0. The van der Waals surface area contributed by atoms with Crippen molar-refractivity contribution in [3.05, 3.63) is 53.3 Å². The van der Waals surface area contributed by atoms with Crippen molar-refractivity contribution in [1.82, 2.24) is 14.8 Å². The van der Waals surface area contributed by atoms with Gasteiger partial charge in [-0.05, 0) is 36.1 Å². The molecule has 1 aromatic carbocycles. The number of aryl methyl sites for hydroxylation is 1. The van der Waals surface area contributed by atoms with Crippen molar-refractivity contribution in [3.63, 3.8) is 0 Å². The van der Waals surface area contributed by atoms with Crippen LogP contribution >= 0.6 is 0 Å². The molecule has 6 nitrogen and oxygen atoms in total. The zero-order valence-corrected chi connectivity index (χ0v) is 17.0. The Bertz CT molecular complexity index is 871. The summed E-state index contributed by atoms with van der Waals surface area (Å²) in [6.45, 7) is 10.2. The van der Waals surface area contributed by atoms with E-state index >= 15 is 0 Å². The fourth-order valence-corrected chi connectivity index (χ4v) is 3.50. The van der Waals surface area contributed by atoms with Gasteiger partial charge in [-0.1, -0.05) is 32.0 Å². The molecule has 1 aliphatic heterocycles. The van der Waals surface area contributed by atoms with E-state index in [0.717, 1.165) is 16.9 Å². The van der Waals surface area contributed by atoms with Gasteiger partial charge in [-0.25, -0.2) is 0 Å². The van der Waals surface area contributed by atoms with Crippen molar-refractivity contribution in [2.24, 2.45) is 0 Å². The molecule has 0 atom stereocenters. The molecule has 2 aromatic rings. The fourth-order valence-electron chi connectivity index (χ4n) is 3.50. The fraction of sp³-hybridized carbons (Fsp3) is 0.409. The molecular formula is C22H28N4O2. The van der Waals surface area contributed by atoms with Crippen molar-refractivity contribution in [1.29, 1.82) is 0 Å². The maximum atomic E-state index is 12.9. The van der Waals surface area contributed by atoms with Gasteiger partial charge in [0.15, 0.2) is 0 Å². The third-order valence-electron chi connectivity index (χ3n) is 5.19. The lowest BCUT2D eigenvalue weighted by Gasteiger charge is -2.34. The number of piperazine rings is 1. The molecule has 1 fully saturated rings. The second-order valence-electron chi connectivity index (χ2n) is 7.55. The molecule has 0 unspecified atom stereocenters. The number of hydrogen-bond acceptors (Lipinski definition) is 4. The molecule has 0 aliphatic carbocycles. The quantitative estimate of drug-likeness (QED) is 0.881. The summed E-state index contributed by atoms with van der Waals surface area (Å²) in [7, 11) is 0. The van der Waals surface area contributed by atoms with Gasteiger partial charge in [0.25, 0.3) is 5.91 Å². The minimum absolute atomic E-state index is 0.0515. The Kier molecular flexibility index (Phi) is 5.97. The van der Waals surface area contributed by atoms with Crippen molar-refractivity contribution in [3.8, 4) is 0 Å². The van der Waals surface area contributed by atoms with Gasteiger partial charge < -0.3 is 15.1 Å². The molecule has 2 amide bonds. The van der Waals surface area contributed by atoms with Crippen molar-refractivity contribution in [2.45, 2.75) is 33.6 Å². The molecule has 0 spiro atoms. The van der Waals surface area contributed by atoms with Crippen molar-refractivity contribution >= 4 is 23.2 Å². The van der Waals surface area contributed by atoms with E-state index in [-0.39, 0.29) is 11.8 Å². The van der Waals surface area contributed by atoms with Crippen molar-refractivity contribution < 1.29 is 9.59 Å². The zero-order chi connectivity index (χ0) is 20.3. The topological polar surface area (TPSA) is 65.5 Å². The predicted octanol–water partition coefficient (Wildman–Crippen LogP) is 3.56. The summed E-state index contributed by atoms with van der Waals surface area (Å²) in [4.78, 5) is 32.1. The molecule has 1 aliphatic rings. The number of anilines is 2. The van der Waals surface area contributed by atoms with Crippen LogP contribution in [-0.2, 0) is 4.79 Å². The smallest absolute Gasteiger partial charge is 0.272 e. The van der Waals surface area contributed by atoms with E-state index in [0.29, 0.717) is 37.8 Å². The molecule has 0 saturated carbocycles. The number of aromatic nitrogens is 1. The van der Waals surface area contributed by atoms with E-state index < -0.39 is 0 Å². The SMILES string of the molecule is CC(=O)N1CCN(C(=O)c2cc(Nc3c(C)cccc3C(C)C)ccn2)CC1. The maximum Gasteiger partial charge on any atom is 0.272 e. The Hall–Kier alpha value is -2.89. The Labute approximate surface area is 166 Å². The Balaban J connectivity index is 1.77.